The van der Waals surface area contributed by atoms with E-state index in [0.717, 1.165) is 29.9 Å². The monoisotopic (exact) mass is 368 g/mol. The van der Waals surface area contributed by atoms with Crippen molar-refractivity contribution in [3.63, 3.8) is 0 Å². The van der Waals surface area contributed by atoms with Crippen molar-refractivity contribution in [2.45, 2.75) is 19.8 Å². The Hall–Kier alpha value is -2.97. The number of benzene rings is 2. The van der Waals surface area contributed by atoms with Crippen molar-refractivity contribution in [1.82, 2.24) is 5.16 Å². The van der Waals surface area contributed by atoms with Crippen LogP contribution in [0.4, 0.5) is 0 Å². The third-order valence-corrected chi connectivity index (χ3v) is 4.09. The number of methoxy groups -OCH3 is 1. The highest BCUT2D eigenvalue weighted by Gasteiger charge is 2.12. The van der Waals surface area contributed by atoms with Gasteiger partial charge in [0.15, 0.2) is 11.5 Å². The van der Waals surface area contributed by atoms with Crippen molar-refractivity contribution in [1.29, 1.82) is 5.26 Å². The molecule has 132 valence electrons. The second-order valence-electron chi connectivity index (χ2n) is 5.65. The molecule has 1 heterocycles. The van der Waals surface area contributed by atoms with Crippen molar-refractivity contribution in [2.75, 3.05) is 7.11 Å². The molecule has 0 saturated carbocycles. The first-order valence-electron chi connectivity index (χ1n) is 8.16. The van der Waals surface area contributed by atoms with Crippen LogP contribution >= 0.6 is 11.6 Å². The maximum absolute atomic E-state index is 8.98. The molecule has 3 aromatic rings. The van der Waals surface area contributed by atoms with Crippen molar-refractivity contribution in [3.05, 3.63) is 58.8 Å². The van der Waals surface area contributed by atoms with Gasteiger partial charge in [-0.1, -0.05) is 23.7 Å². The van der Waals surface area contributed by atoms with E-state index in [2.05, 4.69) is 18.1 Å². The number of ether oxygens (including phenoxy) is 2. The highest BCUT2D eigenvalue weighted by Crippen LogP contribution is 2.37. The summed E-state index contributed by atoms with van der Waals surface area (Å²) in [5, 5.41) is 13.5. The van der Waals surface area contributed by atoms with Gasteiger partial charge >= 0.3 is 0 Å². The quantitative estimate of drug-likeness (QED) is 0.564. The summed E-state index contributed by atoms with van der Waals surface area (Å²) in [6.07, 6.45) is 1.84. The maximum atomic E-state index is 8.98. The van der Waals surface area contributed by atoms with Crippen LogP contribution in [-0.4, -0.2) is 12.3 Å². The zero-order chi connectivity index (χ0) is 18.5. The minimum Gasteiger partial charge on any atom is -0.493 e. The van der Waals surface area contributed by atoms with Crippen LogP contribution in [0.1, 0.15) is 24.7 Å². The van der Waals surface area contributed by atoms with Crippen LogP contribution < -0.4 is 9.47 Å². The zero-order valence-corrected chi connectivity index (χ0v) is 15.2. The van der Waals surface area contributed by atoms with Gasteiger partial charge in [0, 0.05) is 24.1 Å². The molecule has 0 bridgehead atoms. The summed E-state index contributed by atoms with van der Waals surface area (Å²) in [4.78, 5) is 0. The fourth-order valence-corrected chi connectivity index (χ4v) is 2.72. The maximum Gasteiger partial charge on any atom is 0.169 e. The Balaban J connectivity index is 1.85. The van der Waals surface area contributed by atoms with E-state index < -0.39 is 0 Å². The average molecular weight is 369 g/mol. The Morgan fingerprint density at radius 2 is 1.92 bits per heavy atom. The summed E-state index contributed by atoms with van der Waals surface area (Å²) >= 11 is 6.37. The second kappa shape index (κ2) is 7.94. The van der Waals surface area contributed by atoms with E-state index >= 15 is 0 Å². The summed E-state index contributed by atoms with van der Waals surface area (Å²) in [7, 11) is 1.52. The van der Waals surface area contributed by atoms with Gasteiger partial charge in [0.05, 0.1) is 23.8 Å². The third-order valence-electron chi connectivity index (χ3n) is 3.80. The van der Waals surface area contributed by atoms with Gasteiger partial charge in [0.1, 0.15) is 17.2 Å². The Kier molecular flexibility index (Phi) is 5.45. The van der Waals surface area contributed by atoms with E-state index in [4.69, 9.17) is 30.9 Å². The number of aryl methyl sites for hydroxylation is 1. The van der Waals surface area contributed by atoms with Gasteiger partial charge in [-0.05, 0) is 36.8 Å². The van der Waals surface area contributed by atoms with Crippen molar-refractivity contribution < 1.29 is 14.0 Å². The molecule has 0 unspecified atom stereocenters. The molecule has 0 fully saturated rings. The van der Waals surface area contributed by atoms with Crippen molar-refractivity contribution in [2.24, 2.45) is 0 Å². The summed E-state index contributed by atoms with van der Waals surface area (Å²) < 4.78 is 16.4. The molecule has 0 spiro atoms. The Morgan fingerprint density at radius 1 is 1.12 bits per heavy atom. The first kappa shape index (κ1) is 17.8. The molecule has 0 aliphatic carbocycles. The minimum absolute atomic E-state index is 0.439. The lowest BCUT2D eigenvalue weighted by Crippen LogP contribution is -1.92. The molecular formula is C20H17ClN2O3. The molecule has 0 radical (unpaired) electrons. The van der Waals surface area contributed by atoms with Crippen LogP contribution in [0.15, 0.2) is 47.0 Å². The molecule has 5 nitrogen and oxygen atoms in total. The normalized spacial score (nSPS) is 10.4. The molecule has 0 N–H and O–H groups in total. The van der Waals surface area contributed by atoms with Gasteiger partial charge in [0.25, 0.3) is 0 Å². The topological polar surface area (TPSA) is 68.3 Å². The highest BCUT2D eigenvalue weighted by atomic mass is 35.5. The van der Waals surface area contributed by atoms with E-state index in [1.54, 1.807) is 30.3 Å². The highest BCUT2D eigenvalue weighted by molar-refractivity contribution is 6.32. The number of hydrogen-bond donors (Lipinski definition) is 0. The van der Waals surface area contributed by atoms with Crippen LogP contribution in [0.3, 0.4) is 0 Å². The molecule has 3 rings (SSSR count). The van der Waals surface area contributed by atoms with Crippen LogP contribution in [-0.2, 0) is 6.42 Å². The fraction of sp³-hybridized carbons (Fsp3) is 0.200. The lowest BCUT2D eigenvalue weighted by Gasteiger charge is -2.12. The molecular weight excluding hydrogens is 352 g/mol. The smallest absolute Gasteiger partial charge is 0.169 e. The lowest BCUT2D eigenvalue weighted by atomic mass is 10.1. The second-order valence-corrected chi connectivity index (χ2v) is 6.06. The number of aromatic nitrogens is 1. The summed E-state index contributed by atoms with van der Waals surface area (Å²) in [6.45, 7) is 2.09. The summed E-state index contributed by atoms with van der Waals surface area (Å²) in [5.41, 5.74) is 2.07. The van der Waals surface area contributed by atoms with E-state index in [0.29, 0.717) is 27.8 Å². The van der Waals surface area contributed by atoms with Gasteiger partial charge in [-0.2, -0.15) is 5.26 Å². The Morgan fingerprint density at radius 3 is 2.62 bits per heavy atom. The van der Waals surface area contributed by atoms with Gasteiger partial charge in [-0.25, -0.2) is 0 Å². The third kappa shape index (κ3) is 3.81. The Labute approximate surface area is 156 Å². The number of halogens is 1. The van der Waals surface area contributed by atoms with E-state index in [1.165, 1.54) is 7.11 Å². The van der Waals surface area contributed by atoms with Crippen molar-refractivity contribution >= 4 is 11.6 Å². The van der Waals surface area contributed by atoms with E-state index in [9.17, 15) is 0 Å². The van der Waals surface area contributed by atoms with Gasteiger partial charge in [0.2, 0.25) is 0 Å². The minimum atomic E-state index is 0.439. The van der Waals surface area contributed by atoms with Crippen LogP contribution in [0.5, 0.6) is 17.2 Å². The fourth-order valence-electron chi connectivity index (χ4n) is 2.50. The first-order valence-corrected chi connectivity index (χ1v) is 8.54. The Bertz CT molecular complexity index is 960. The summed E-state index contributed by atoms with van der Waals surface area (Å²) in [5.74, 6) is 2.27. The first-order chi connectivity index (χ1) is 12.6. The molecule has 0 atom stereocenters. The molecule has 6 heteroatoms. The molecule has 26 heavy (non-hydrogen) atoms. The lowest BCUT2D eigenvalue weighted by molar-refractivity contribution is 0.379. The average Bonchev–Trinajstić information content (AvgIpc) is 3.12. The van der Waals surface area contributed by atoms with Crippen LogP contribution in [0, 0.1) is 11.3 Å². The van der Waals surface area contributed by atoms with Gasteiger partial charge in [-0.3, -0.25) is 0 Å². The molecule has 1 aromatic heterocycles. The number of hydrogen-bond acceptors (Lipinski definition) is 5. The van der Waals surface area contributed by atoms with Crippen molar-refractivity contribution in [3.8, 4) is 34.6 Å². The predicted molar refractivity (Wildman–Crippen MR) is 98.7 cm³/mol. The number of rotatable bonds is 6. The number of nitriles is 1. The largest absolute Gasteiger partial charge is 0.493 e. The van der Waals surface area contributed by atoms with Gasteiger partial charge in [-0.15, -0.1) is 0 Å². The standard InChI is InChI=1S/C20H17ClN2O3/c1-3-4-15-11-17(23-26-15)14-6-8-18(16(21)10-14)25-19-7-5-13(12-22)9-20(19)24-2/h5-11H,3-4H2,1-2H3. The number of nitrogens with zero attached hydrogens (tertiary/aromatic N) is 2. The van der Waals surface area contributed by atoms with Crippen LogP contribution in [0.25, 0.3) is 11.3 Å². The molecule has 0 aliphatic heterocycles. The predicted octanol–water partition coefficient (Wildman–Crippen LogP) is 5.62. The van der Waals surface area contributed by atoms with Gasteiger partial charge < -0.3 is 14.0 Å². The van der Waals surface area contributed by atoms with E-state index in [-0.39, 0.29) is 0 Å². The van der Waals surface area contributed by atoms with E-state index in [1.807, 2.05) is 12.1 Å². The summed E-state index contributed by atoms with van der Waals surface area (Å²) in [6, 6.07) is 14.3. The van der Waals surface area contributed by atoms with Crippen LogP contribution in [0.2, 0.25) is 5.02 Å². The molecule has 2 aromatic carbocycles. The SMILES string of the molecule is CCCc1cc(-c2ccc(Oc3ccc(C#N)cc3OC)c(Cl)c2)no1. The molecule has 0 aliphatic rings. The zero-order valence-electron chi connectivity index (χ0n) is 14.5. The molecule has 0 saturated heterocycles. The molecule has 0 amide bonds.